The lowest BCUT2D eigenvalue weighted by atomic mass is 9.95. The van der Waals surface area contributed by atoms with E-state index in [1.807, 2.05) is 24.3 Å². The lowest BCUT2D eigenvalue weighted by Gasteiger charge is -2.34. The lowest BCUT2D eigenvalue weighted by molar-refractivity contribution is -0.125. The van der Waals surface area contributed by atoms with Crippen molar-refractivity contribution in [2.24, 2.45) is 5.92 Å². The Balaban J connectivity index is 1.75. The molecule has 1 heterocycles. The van der Waals surface area contributed by atoms with Crippen molar-refractivity contribution in [1.82, 2.24) is 0 Å². The monoisotopic (exact) mass is 354 g/mol. The van der Waals surface area contributed by atoms with E-state index in [0.29, 0.717) is 12.1 Å². The minimum absolute atomic E-state index is 0.0249. The molecule has 4 nitrogen and oxygen atoms in total. The van der Waals surface area contributed by atoms with Crippen molar-refractivity contribution in [3.63, 3.8) is 0 Å². The fourth-order valence-electron chi connectivity index (χ4n) is 3.30. The summed E-state index contributed by atoms with van der Waals surface area (Å²) in [6.45, 7) is 2.36. The van der Waals surface area contributed by atoms with Gasteiger partial charge in [-0.1, -0.05) is 25.1 Å². The molecule has 0 aliphatic carbocycles. The first-order valence-electron chi connectivity index (χ1n) is 8.92. The molecule has 0 saturated carbocycles. The Labute approximate surface area is 153 Å². The number of nitrogens with zero attached hydrogens (tertiary/aromatic N) is 2. The van der Waals surface area contributed by atoms with E-state index in [9.17, 15) is 14.0 Å². The molecule has 0 aromatic heterocycles. The molecule has 3 rings (SSSR count). The molecule has 1 saturated heterocycles. The molecule has 0 N–H and O–H groups in total. The van der Waals surface area contributed by atoms with Gasteiger partial charge in [0.1, 0.15) is 5.82 Å². The SMILES string of the molecule is CCc1ccc(N(C)C(=O)C2CCC(=O)N(c3cccc(F)c3)C2)cc1. The molecule has 0 spiro atoms. The number of halogens is 1. The van der Waals surface area contributed by atoms with Gasteiger partial charge in [-0.15, -0.1) is 0 Å². The van der Waals surface area contributed by atoms with Gasteiger partial charge in [0.15, 0.2) is 0 Å². The minimum atomic E-state index is -0.392. The highest BCUT2D eigenvalue weighted by atomic mass is 19.1. The first-order chi connectivity index (χ1) is 12.5. The Bertz CT molecular complexity index is 804. The highest BCUT2D eigenvalue weighted by Crippen LogP contribution is 2.27. The Hall–Kier alpha value is -2.69. The van der Waals surface area contributed by atoms with Crippen LogP contribution in [0.15, 0.2) is 48.5 Å². The van der Waals surface area contributed by atoms with E-state index in [-0.39, 0.29) is 30.7 Å². The normalized spacial score (nSPS) is 17.3. The first-order valence-corrected chi connectivity index (χ1v) is 8.92. The van der Waals surface area contributed by atoms with Gasteiger partial charge in [0, 0.05) is 31.4 Å². The van der Waals surface area contributed by atoms with E-state index in [4.69, 9.17) is 0 Å². The van der Waals surface area contributed by atoms with Gasteiger partial charge in [-0.3, -0.25) is 9.59 Å². The summed E-state index contributed by atoms with van der Waals surface area (Å²) >= 11 is 0. The molecule has 1 atom stereocenters. The number of anilines is 2. The third-order valence-corrected chi connectivity index (χ3v) is 4.94. The number of aryl methyl sites for hydroxylation is 1. The summed E-state index contributed by atoms with van der Waals surface area (Å²) in [5.74, 6) is -0.790. The molecule has 1 fully saturated rings. The van der Waals surface area contributed by atoms with Crippen LogP contribution in [0.3, 0.4) is 0 Å². The Morgan fingerprint density at radius 2 is 1.96 bits per heavy atom. The summed E-state index contributed by atoms with van der Waals surface area (Å²) in [6, 6.07) is 13.9. The summed E-state index contributed by atoms with van der Waals surface area (Å²) in [4.78, 5) is 28.3. The number of carbonyl (C=O) groups excluding carboxylic acids is 2. The number of piperidine rings is 1. The molecule has 2 aromatic rings. The van der Waals surface area contributed by atoms with Gasteiger partial charge in [-0.05, 0) is 48.7 Å². The van der Waals surface area contributed by atoms with Crippen LogP contribution in [0.2, 0.25) is 0 Å². The van der Waals surface area contributed by atoms with E-state index >= 15 is 0 Å². The maximum Gasteiger partial charge on any atom is 0.231 e. The van der Waals surface area contributed by atoms with Crippen LogP contribution in [0.4, 0.5) is 15.8 Å². The lowest BCUT2D eigenvalue weighted by Crippen LogP contribution is -2.46. The van der Waals surface area contributed by atoms with Crippen molar-refractivity contribution >= 4 is 23.2 Å². The summed E-state index contributed by atoms with van der Waals surface area (Å²) in [5.41, 5.74) is 2.55. The highest BCUT2D eigenvalue weighted by Gasteiger charge is 2.33. The Morgan fingerprint density at radius 3 is 2.62 bits per heavy atom. The smallest absolute Gasteiger partial charge is 0.231 e. The third kappa shape index (κ3) is 3.77. The Morgan fingerprint density at radius 1 is 1.23 bits per heavy atom. The van der Waals surface area contributed by atoms with Gasteiger partial charge in [-0.2, -0.15) is 0 Å². The molecular formula is C21H23FN2O2. The summed E-state index contributed by atoms with van der Waals surface area (Å²) in [6.07, 6.45) is 1.75. The fourth-order valence-corrected chi connectivity index (χ4v) is 3.30. The van der Waals surface area contributed by atoms with E-state index in [2.05, 4.69) is 6.92 Å². The number of hydrogen-bond donors (Lipinski definition) is 0. The molecule has 2 aromatic carbocycles. The summed E-state index contributed by atoms with van der Waals surface area (Å²) < 4.78 is 13.5. The topological polar surface area (TPSA) is 40.6 Å². The molecule has 1 unspecified atom stereocenters. The fraction of sp³-hybridized carbons (Fsp3) is 0.333. The van der Waals surface area contributed by atoms with Gasteiger partial charge in [0.05, 0.1) is 5.92 Å². The van der Waals surface area contributed by atoms with Crippen molar-refractivity contribution < 1.29 is 14.0 Å². The second-order valence-electron chi connectivity index (χ2n) is 6.64. The minimum Gasteiger partial charge on any atom is -0.315 e. The van der Waals surface area contributed by atoms with Crippen LogP contribution in [0.1, 0.15) is 25.3 Å². The van der Waals surface area contributed by atoms with Gasteiger partial charge < -0.3 is 9.80 Å². The predicted molar refractivity (Wildman–Crippen MR) is 101 cm³/mol. The average Bonchev–Trinajstić information content (AvgIpc) is 2.67. The molecule has 1 aliphatic rings. The van der Waals surface area contributed by atoms with Crippen molar-refractivity contribution in [3.05, 3.63) is 59.9 Å². The maximum absolute atomic E-state index is 13.5. The highest BCUT2D eigenvalue weighted by molar-refractivity contribution is 5.99. The quantitative estimate of drug-likeness (QED) is 0.838. The van der Waals surface area contributed by atoms with Crippen LogP contribution < -0.4 is 9.80 Å². The van der Waals surface area contributed by atoms with E-state index in [1.54, 1.807) is 24.1 Å². The number of hydrogen-bond acceptors (Lipinski definition) is 2. The second kappa shape index (κ2) is 7.68. The zero-order valence-electron chi connectivity index (χ0n) is 15.1. The largest absolute Gasteiger partial charge is 0.315 e. The third-order valence-electron chi connectivity index (χ3n) is 4.94. The van der Waals surface area contributed by atoms with Gasteiger partial charge in [-0.25, -0.2) is 4.39 Å². The molecule has 0 bridgehead atoms. The summed E-state index contributed by atoms with van der Waals surface area (Å²) in [5, 5.41) is 0. The maximum atomic E-state index is 13.5. The van der Waals surface area contributed by atoms with E-state index < -0.39 is 5.82 Å². The molecule has 2 amide bonds. The second-order valence-corrected chi connectivity index (χ2v) is 6.64. The van der Waals surface area contributed by atoms with Crippen LogP contribution in [-0.4, -0.2) is 25.4 Å². The Kier molecular flexibility index (Phi) is 5.35. The number of amides is 2. The first kappa shape index (κ1) is 18.1. The zero-order valence-corrected chi connectivity index (χ0v) is 15.1. The molecular weight excluding hydrogens is 331 g/mol. The molecule has 1 aliphatic heterocycles. The van der Waals surface area contributed by atoms with E-state index in [0.717, 1.165) is 12.1 Å². The average molecular weight is 354 g/mol. The van der Waals surface area contributed by atoms with Crippen LogP contribution in [0.5, 0.6) is 0 Å². The number of carbonyl (C=O) groups is 2. The zero-order chi connectivity index (χ0) is 18.7. The van der Waals surface area contributed by atoms with Crippen LogP contribution in [0.25, 0.3) is 0 Å². The molecule has 26 heavy (non-hydrogen) atoms. The van der Waals surface area contributed by atoms with Gasteiger partial charge >= 0.3 is 0 Å². The molecule has 5 heteroatoms. The van der Waals surface area contributed by atoms with Crippen LogP contribution in [-0.2, 0) is 16.0 Å². The number of benzene rings is 2. The van der Waals surface area contributed by atoms with Crippen molar-refractivity contribution in [1.29, 1.82) is 0 Å². The van der Waals surface area contributed by atoms with Crippen molar-refractivity contribution in [2.75, 3.05) is 23.4 Å². The van der Waals surface area contributed by atoms with Crippen LogP contribution in [0, 0.1) is 11.7 Å². The van der Waals surface area contributed by atoms with E-state index in [1.165, 1.54) is 22.6 Å². The summed E-state index contributed by atoms with van der Waals surface area (Å²) in [7, 11) is 1.76. The molecule has 0 radical (unpaired) electrons. The standard InChI is InChI=1S/C21H23FN2O2/c1-3-15-7-10-18(11-8-15)23(2)21(26)16-9-12-20(25)24(14-16)19-6-4-5-17(22)13-19/h4-8,10-11,13,16H,3,9,12,14H2,1-2H3. The number of rotatable bonds is 4. The predicted octanol–water partition coefficient (Wildman–Crippen LogP) is 3.79. The van der Waals surface area contributed by atoms with Crippen molar-refractivity contribution in [2.45, 2.75) is 26.2 Å². The van der Waals surface area contributed by atoms with Gasteiger partial charge in [0.2, 0.25) is 11.8 Å². The van der Waals surface area contributed by atoms with Crippen LogP contribution >= 0.6 is 0 Å². The van der Waals surface area contributed by atoms with Crippen molar-refractivity contribution in [3.8, 4) is 0 Å². The molecule has 136 valence electrons. The van der Waals surface area contributed by atoms with Gasteiger partial charge in [0.25, 0.3) is 0 Å².